The fourth-order valence-corrected chi connectivity index (χ4v) is 37.8. The first-order valence-corrected chi connectivity index (χ1v) is 22.9. The van der Waals surface area contributed by atoms with Gasteiger partial charge in [0.05, 0.1) is 0 Å². The summed E-state index contributed by atoms with van der Waals surface area (Å²) in [7, 11) is 0. The van der Waals surface area contributed by atoms with Gasteiger partial charge in [-0.3, -0.25) is 0 Å². The van der Waals surface area contributed by atoms with E-state index in [1.807, 2.05) is 5.57 Å². The Hall–Kier alpha value is 0.627. The normalized spacial score (nSPS) is 32.9. The van der Waals surface area contributed by atoms with Crippen molar-refractivity contribution >= 4 is 30.3 Å². The zero-order valence-electron chi connectivity index (χ0n) is 18.0. The van der Waals surface area contributed by atoms with Gasteiger partial charge in [-0.2, -0.15) is 0 Å². The molecule has 5 unspecified atom stereocenters. The number of hydrogen-bond acceptors (Lipinski definition) is 0. The summed E-state index contributed by atoms with van der Waals surface area (Å²) in [6.45, 7) is 10.2. The zero-order chi connectivity index (χ0) is 18.3. The molecule has 0 aromatic heterocycles. The molecule has 0 amide bonds. The van der Waals surface area contributed by atoms with Gasteiger partial charge in [-0.25, -0.2) is 0 Å². The zero-order valence-corrected chi connectivity index (χ0v) is 24.3. The summed E-state index contributed by atoms with van der Waals surface area (Å²) in [5.74, 6) is 3.89. The molecule has 4 aliphatic rings. The third kappa shape index (κ3) is 4.32. The Balaban J connectivity index is 0.00000140. The largest absolute Gasteiger partial charge is 0.147 e. The first-order chi connectivity index (χ1) is 12.7. The smallest absolute Gasteiger partial charge is 0.147 e. The van der Waals surface area contributed by atoms with Crippen LogP contribution in [0, 0.1) is 23.7 Å². The Morgan fingerprint density at radius 3 is 2.18 bits per heavy atom. The van der Waals surface area contributed by atoms with Crippen molar-refractivity contribution < 1.29 is 20.1 Å². The number of hydrogen-bond donors (Lipinski definition) is 0. The molecular formula is C24H38Cl2HfSi. The van der Waals surface area contributed by atoms with Crippen molar-refractivity contribution in [1.82, 2.24) is 0 Å². The monoisotopic (exact) mass is 604 g/mol. The second kappa shape index (κ2) is 10.8. The van der Waals surface area contributed by atoms with Crippen molar-refractivity contribution in [3.05, 3.63) is 44.9 Å². The van der Waals surface area contributed by atoms with E-state index in [2.05, 4.69) is 60.7 Å². The molecule has 0 saturated heterocycles. The van der Waals surface area contributed by atoms with Crippen molar-refractivity contribution in [3.8, 4) is 0 Å². The third-order valence-electron chi connectivity index (χ3n) is 7.70. The van der Waals surface area contributed by atoms with Crippen LogP contribution < -0.4 is 0 Å². The molecule has 0 spiro atoms. The molecule has 4 rings (SSSR count). The minimum absolute atomic E-state index is 0. The van der Waals surface area contributed by atoms with E-state index < -0.39 is 20.1 Å². The Morgan fingerprint density at radius 2 is 1.57 bits per heavy atom. The Kier molecular flexibility index (Phi) is 9.58. The summed E-state index contributed by atoms with van der Waals surface area (Å²) >= 11 is -1.83. The van der Waals surface area contributed by atoms with Gasteiger partial charge in [0, 0.05) is 0 Å². The number of halogens is 2. The van der Waals surface area contributed by atoms with E-state index in [0.29, 0.717) is 0 Å². The Labute approximate surface area is 193 Å². The molecule has 2 saturated carbocycles. The van der Waals surface area contributed by atoms with Gasteiger partial charge in [0.15, 0.2) is 0 Å². The van der Waals surface area contributed by atoms with E-state index in [-0.39, 0.29) is 30.3 Å². The molecule has 0 aliphatic heterocycles. The van der Waals surface area contributed by atoms with E-state index in [1.165, 1.54) is 38.5 Å². The Morgan fingerprint density at radius 1 is 0.929 bits per heavy atom. The molecule has 0 bridgehead atoms. The summed E-state index contributed by atoms with van der Waals surface area (Å²) in [5, 5.41) is 0. The fourth-order valence-electron chi connectivity index (χ4n) is 6.81. The SMILES string of the molecule is CCC1=CC[C]([Hf]([CH]2C3C=CC=CC3C3CCCCC32)=[Si](C)C)=C1CC.Cl.Cl. The van der Waals surface area contributed by atoms with E-state index in [0.717, 1.165) is 27.3 Å². The van der Waals surface area contributed by atoms with Crippen molar-refractivity contribution in [2.75, 3.05) is 0 Å². The summed E-state index contributed by atoms with van der Waals surface area (Å²) in [5.41, 5.74) is 3.43. The van der Waals surface area contributed by atoms with Crippen LogP contribution in [0.2, 0.25) is 16.8 Å². The number of allylic oxidation sites excluding steroid dienone is 8. The molecule has 0 heterocycles. The van der Waals surface area contributed by atoms with Gasteiger partial charge in [0.1, 0.15) is 0 Å². The van der Waals surface area contributed by atoms with Gasteiger partial charge < -0.3 is 0 Å². The second-order valence-corrected chi connectivity index (χ2v) is 33.8. The molecule has 4 heteroatoms. The molecule has 4 aliphatic carbocycles. The van der Waals surface area contributed by atoms with Gasteiger partial charge in [0.2, 0.25) is 0 Å². The van der Waals surface area contributed by atoms with Crippen molar-refractivity contribution in [3.63, 3.8) is 0 Å². The predicted molar refractivity (Wildman–Crippen MR) is 127 cm³/mol. The van der Waals surface area contributed by atoms with Crippen molar-refractivity contribution in [2.24, 2.45) is 23.7 Å². The molecule has 28 heavy (non-hydrogen) atoms. The minimum Gasteiger partial charge on any atom is -0.147 e. The average Bonchev–Trinajstić information content (AvgIpc) is 3.22. The molecule has 156 valence electrons. The summed E-state index contributed by atoms with van der Waals surface area (Å²) < 4.78 is 3.22. The molecule has 0 N–H and O–H groups in total. The van der Waals surface area contributed by atoms with Crippen LogP contribution in [0.5, 0.6) is 0 Å². The molecule has 0 aromatic rings. The Bertz CT molecular complexity index is 727. The van der Waals surface area contributed by atoms with Crippen molar-refractivity contribution in [1.29, 1.82) is 0 Å². The fraction of sp³-hybridized carbons (Fsp3) is 0.667. The van der Waals surface area contributed by atoms with Crippen LogP contribution in [0.1, 0.15) is 58.8 Å². The average molecular weight is 604 g/mol. The maximum atomic E-state index is 2.70. The number of fused-ring (bicyclic) bond motifs is 3. The molecule has 0 aromatic carbocycles. The van der Waals surface area contributed by atoms with Crippen LogP contribution in [-0.4, -0.2) is 5.49 Å². The van der Waals surface area contributed by atoms with E-state index >= 15 is 0 Å². The quantitative estimate of drug-likeness (QED) is 0.285. The first kappa shape index (κ1) is 24.9. The van der Waals surface area contributed by atoms with Gasteiger partial charge in [-0.05, 0) is 0 Å². The molecule has 2 fully saturated rings. The minimum atomic E-state index is -1.83. The van der Waals surface area contributed by atoms with E-state index in [1.54, 1.807) is 12.0 Å². The van der Waals surface area contributed by atoms with Crippen LogP contribution in [0.15, 0.2) is 44.9 Å². The van der Waals surface area contributed by atoms with Gasteiger partial charge in [0.25, 0.3) is 0 Å². The van der Waals surface area contributed by atoms with Crippen LogP contribution >= 0.6 is 24.8 Å². The predicted octanol–water partition coefficient (Wildman–Crippen LogP) is 8.07. The molecule has 0 nitrogen and oxygen atoms in total. The maximum absolute atomic E-state index is 2.70. The van der Waals surface area contributed by atoms with E-state index in [4.69, 9.17) is 0 Å². The maximum Gasteiger partial charge on any atom is -0.147 e. The summed E-state index contributed by atoms with van der Waals surface area (Å²) in [6, 6.07) is 0. The topological polar surface area (TPSA) is 0 Å². The standard InChI is InChI=1S/C13H17.C9H13.C2H6Si.2ClH.Hf/c1-3-7-12-10(5-1)9-11-6-2-4-8-13(11)12;1-3-8-6-5-7-9(8)4-2;1-3-2;;;/h1,3,5,7,9-13H,2,4,6,8H2;6H,3-5H2,1-2H3;1-2H3;2*1H;. The van der Waals surface area contributed by atoms with Gasteiger partial charge >= 0.3 is 170 Å². The molecule has 5 atom stereocenters. The first-order valence-electron chi connectivity index (χ1n) is 11.1. The molecule has 0 radical (unpaired) electrons. The van der Waals surface area contributed by atoms with Crippen LogP contribution in [-0.2, 0) is 20.1 Å². The van der Waals surface area contributed by atoms with Crippen LogP contribution in [0.4, 0.5) is 0 Å². The molecular weight excluding hydrogens is 566 g/mol. The summed E-state index contributed by atoms with van der Waals surface area (Å²) in [6.07, 6.45) is 22.7. The van der Waals surface area contributed by atoms with Gasteiger partial charge in [-0.1, -0.05) is 0 Å². The van der Waals surface area contributed by atoms with Gasteiger partial charge in [-0.15, -0.1) is 24.8 Å². The van der Waals surface area contributed by atoms with Crippen LogP contribution in [0.3, 0.4) is 0 Å². The summed E-state index contributed by atoms with van der Waals surface area (Å²) in [4.78, 5) is 0. The van der Waals surface area contributed by atoms with Crippen LogP contribution in [0.25, 0.3) is 0 Å². The van der Waals surface area contributed by atoms with Crippen molar-refractivity contribution in [2.45, 2.75) is 75.6 Å². The second-order valence-electron chi connectivity index (χ2n) is 9.07. The third-order valence-corrected chi connectivity index (χ3v) is 35.1. The number of rotatable bonds is 4. The van der Waals surface area contributed by atoms with E-state index in [9.17, 15) is 0 Å².